The van der Waals surface area contributed by atoms with Gasteiger partial charge in [0.1, 0.15) is 0 Å². The van der Waals surface area contributed by atoms with Gasteiger partial charge in [-0.15, -0.1) is 0 Å². The molecule has 0 amide bonds. The number of thiocarbonyl (C=S) groups is 1. The van der Waals surface area contributed by atoms with Crippen LogP contribution in [0.3, 0.4) is 0 Å². The van der Waals surface area contributed by atoms with Crippen molar-refractivity contribution in [1.82, 2.24) is 4.90 Å². The summed E-state index contributed by atoms with van der Waals surface area (Å²) in [5.74, 6) is 0.741. The number of hydrogen-bond acceptors (Lipinski definition) is 2. The Morgan fingerprint density at radius 1 is 0.769 bits per heavy atom. The third kappa shape index (κ3) is 3.49. The first-order valence-corrected chi connectivity index (χ1v) is 10.1. The average Bonchev–Trinajstić information content (AvgIpc) is 2.70. The van der Waals surface area contributed by atoms with E-state index in [1.54, 1.807) is 0 Å². The summed E-state index contributed by atoms with van der Waals surface area (Å²) in [5.41, 5.74) is 2.35. The van der Waals surface area contributed by atoms with Crippen LogP contribution in [0.4, 0.5) is 11.4 Å². The summed E-state index contributed by atoms with van der Waals surface area (Å²) in [5, 5.41) is 0.891. The highest BCUT2D eigenvalue weighted by Crippen LogP contribution is 2.32. The summed E-state index contributed by atoms with van der Waals surface area (Å²) in [6.45, 7) is 4.17. The van der Waals surface area contributed by atoms with Gasteiger partial charge in [0, 0.05) is 17.4 Å². The van der Waals surface area contributed by atoms with Crippen LogP contribution >= 0.6 is 12.2 Å². The highest BCUT2D eigenvalue weighted by Gasteiger charge is 2.35. The van der Waals surface area contributed by atoms with Gasteiger partial charge in [0.25, 0.3) is 0 Å². The second kappa shape index (κ2) is 7.77. The van der Waals surface area contributed by atoms with Gasteiger partial charge in [0.2, 0.25) is 0 Å². The smallest absolute Gasteiger partial charge is 0.182 e. The molecule has 1 saturated heterocycles. The van der Waals surface area contributed by atoms with Gasteiger partial charge in [-0.25, -0.2) is 0 Å². The van der Waals surface area contributed by atoms with E-state index in [-0.39, 0.29) is 0 Å². The van der Waals surface area contributed by atoms with Crippen molar-refractivity contribution in [1.29, 1.82) is 0 Å². The Kier molecular flexibility index (Phi) is 5.23. The van der Waals surface area contributed by atoms with Crippen LogP contribution in [0, 0.1) is 5.92 Å². The van der Waals surface area contributed by atoms with Gasteiger partial charge >= 0.3 is 0 Å². The minimum Gasteiger partial charge on any atom is -0.305 e. The fraction of sp³-hybridized carbons (Fsp3) is 0.409. The van der Waals surface area contributed by atoms with Crippen LogP contribution in [0.2, 0.25) is 0 Å². The van der Waals surface area contributed by atoms with Crippen LogP contribution in [-0.2, 0) is 0 Å². The molecule has 1 heterocycles. The van der Waals surface area contributed by atoms with E-state index < -0.39 is 0 Å². The number of benzene rings is 2. The predicted molar refractivity (Wildman–Crippen MR) is 113 cm³/mol. The zero-order valence-electron chi connectivity index (χ0n) is 15.4. The lowest BCUT2D eigenvalue weighted by Crippen LogP contribution is -2.62. The van der Waals surface area contributed by atoms with Gasteiger partial charge in [-0.2, -0.15) is 0 Å². The average molecular weight is 366 g/mol. The lowest BCUT2D eigenvalue weighted by Gasteiger charge is -2.49. The number of anilines is 2. The molecule has 2 aliphatic rings. The molecule has 2 fully saturated rings. The first-order chi connectivity index (χ1) is 12.7. The molecular weight excluding hydrogens is 338 g/mol. The second-order valence-electron chi connectivity index (χ2n) is 7.51. The first-order valence-electron chi connectivity index (χ1n) is 9.67. The molecule has 2 aromatic rings. The lowest BCUT2D eigenvalue weighted by molar-refractivity contribution is 0.113. The van der Waals surface area contributed by atoms with Gasteiger partial charge < -0.3 is 9.80 Å². The van der Waals surface area contributed by atoms with Crippen LogP contribution < -0.4 is 9.80 Å². The Labute approximate surface area is 162 Å². The molecule has 136 valence electrons. The summed E-state index contributed by atoms with van der Waals surface area (Å²) in [7, 11) is 0. The zero-order chi connectivity index (χ0) is 17.9. The summed E-state index contributed by atoms with van der Waals surface area (Å²) < 4.78 is 0. The standard InChI is InChI=1S/C22H27N3S/c1-18-10-8-9-15-21(18)23-16-24(19-11-4-2-5-12-19)22(26)25(17-23)20-13-6-3-7-14-20/h2-7,11-14,18,21H,8-10,15-17H2,1H3/t18-,21+/m1/s1. The van der Waals surface area contributed by atoms with Crippen LogP contribution in [-0.4, -0.2) is 29.4 Å². The van der Waals surface area contributed by atoms with Crippen LogP contribution in [0.5, 0.6) is 0 Å². The number of hydrogen-bond donors (Lipinski definition) is 0. The summed E-state index contributed by atoms with van der Waals surface area (Å²) in [6.07, 6.45) is 5.34. The molecule has 2 atom stereocenters. The van der Waals surface area contributed by atoms with E-state index in [0.29, 0.717) is 6.04 Å². The van der Waals surface area contributed by atoms with Crippen molar-refractivity contribution in [3.63, 3.8) is 0 Å². The topological polar surface area (TPSA) is 9.72 Å². The van der Waals surface area contributed by atoms with E-state index >= 15 is 0 Å². The van der Waals surface area contributed by atoms with Crippen molar-refractivity contribution < 1.29 is 0 Å². The molecule has 4 heteroatoms. The van der Waals surface area contributed by atoms with E-state index in [1.165, 1.54) is 37.1 Å². The summed E-state index contributed by atoms with van der Waals surface area (Å²) >= 11 is 5.92. The minimum atomic E-state index is 0.629. The van der Waals surface area contributed by atoms with Crippen molar-refractivity contribution in [3.05, 3.63) is 60.7 Å². The Bertz CT molecular complexity index is 682. The molecule has 3 nitrogen and oxygen atoms in total. The maximum Gasteiger partial charge on any atom is 0.182 e. The zero-order valence-corrected chi connectivity index (χ0v) is 16.2. The van der Waals surface area contributed by atoms with Crippen molar-refractivity contribution in [2.45, 2.75) is 38.6 Å². The molecule has 4 rings (SSSR count). The molecule has 1 aliphatic carbocycles. The second-order valence-corrected chi connectivity index (χ2v) is 7.88. The van der Waals surface area contributed by atoms with Crippen LogP contribution in [0.25, 0.3) is 0 Å². The molecule has 1 saturated carbocycles. The van der Waals surface area contributed by atoms with Crippen molar-refractivity contribution in [2.75, 3.05) is 23.1 Å². The fourth-order valence-corrected chi connectivity index (χ4v) is 4.65. The number of rotatable bonds is 3. The molecule has 2 aromatic carbocycles. The van der Waals surface area contributed by atoms with Crippen molar-refractivity contribution >= 4 is 28.7 Å². The van der Waals surface area contributed by atoms with Crippen LogP contribution in [0.15, 0.2) is 60.7 Å². The molecule has 26 heavy (non-hydrogen) atoms. The Hall–Kier alpha value is -1.91. The van der Waals surface area contributed by atoms with Gasteiger partial charge in [-0.3, -0.25) is 4.90 Å². The largest absolute Gasteiger partial charge is 0.305 e. The Balaban J connectivity index is 1.67. The SMILES string of the molecule is C[C@@H]1CCCC[C@@H]1N1CN(c2ccccc2)C(=S)N(c2ccccc2)C1. The van der Waals surface area contributed by atoms with Crippen LogP contribution in [0.1, 0.15) is 32.6 Å². The third-order valence-corrected chi connectivity index (χ3v) is 6.22. The third-order valence-electron chi connectivity index (χ3n) is 5.78. The predicted octanol–water partition coefficient (Wildman–Crippen LogP) is 5.09. The van der Waals surface area contributed by atoms with Crippen molar-refractivity contribution in [3.8, 4) is 0 Å². The molecule has 0 unspecified atom stereocenters. The van der Waals surface area contributed by atoms with Gasteiger partial charge in [-0.1, -0.05) is 56.2 Å². The van der Waals surface area contributed by atoms with Gasteiger partial charge in [-0.05, 0) is 55.2 Å². The maximum absolute atomic E-state index is 5.92. The highest BCUT2D eigenvalue weighted by molar-refractivity contribution is 7.80. The van der Waals surface area contributed by atoms with E-state index in [4.69, 9.17) is 12.2 Å². The number of nitrogens with zero attached hydrogens (tertiary/aromatic N) is 3. The summed E-state index contributed by atoms with van der Waals surface area (Å²) in [6, 6.07) is 21.7. The Morgan fingerprint density at radius 3 is 1.77 bits per heavy atom. The normalized spacial score (nSPS) is 24.7. The minimum absolute atomic E-state index is 0.629. The molecule has 0 radical (unpaired) electrons. The van der Waals surface area contributed by atoms with E-state index in [9.17, 15) is 0 Å². The number of para-hydroxylation sites is 2. The molecule has 0 aromatic heterocycles. The van der Waals surface area contributed by atoms with Gasteiger partial charge in [0.05, 0.1) is 13.3 Å². The quantitative estimate of drug-likeness (QED) is 0.700. The summed E-state index contributed by atoms with van der Waals surface area (Å²) in [4.78, 5) is 7.19. The Morgan fingerprint density at radius 2 is 1.27 bits per heavy atom. The first kappa shape index (κ1) is 17.5. The lowest BCUT2D eigenvalue weighted by atomic mass is 9.85. The van der Waals surface area contributed by atoms with Crippen molar-refractivity contribution in [2.24, 2.45) is 5.92 Å². The monoisotopic (exact) mass is 365 g/mol. The fourth-order valence-electron chi connectivity index (χ4n) is 4.32. The highest BCUT2D eigenvalue weighted by atomic mass is 32.1. The molecule has 0 spiro atoms. The van der Waals surface area contributed by atoms with E-state index in [2.05, 4.69) is 82.3 Å². The maximum atomic E-state index is 5.92. The van der Waals surface area contributed by atoms with Gasteiger partial charge in [0.15, 0.2) is 5.11 Å². The van der Waals surface area contributed by atoms with E-state index in [1.807, 2.05) is 0 Å². The molecular formula is C22H27N3S. The molecule has 1 aliphatic heterocycles. The molecule has 0 N–H and O–H groups in total. The molecule has 0 bridgehead atoms. The van der Waals surface area contributed by atoms with E-state index in [0.717, 1.165) is 24.4 Å².